The smallest absolute Gasteiger partial charge is 0.244 e. The third kappa shape index (κ3) is 3.57. The van der Waals surface area contributed by atoms with Crippen LogP contribution in [0.15, 0.2) is 30.3 Å². The Hall–Kier alpha value is -1.82. The van der Waals surface area contributed by atoms with Gasteiger partial charge in [0, 0.05) is 13.1 Å². The zero-order valence-electron chi connectivity index (χ0n) is 12.3. The number of nitrogens with zero attached hydrogens (tertiary/aromatic N) is 2. The van der Waals surface area contributed by atoms with Gasteiger partial charge in [0.05, 0.1) is 6.07 Å². The first kappa shape index (κ1) is 15.2. The summed E-state index contributed by atoms with van der Waals surface area (Å²) in [5.41, 5.74) is 0.740. The molecule has 3 heteroatoms. The summed E-state index contributed by atoms with van der Waals surface area (Å²) in [6.07, 6.45) is 0. The Kier molecular flexibility index (Phi) is 4.72. The van der Waals surface area contributed by atoms with E-state index in [0.717, 1.165) is 5.56 Å². The molecule has 0 spiro atoms. The van der Waals surface area contributed by atoms with E-state index in [-0.39, 0.29) is 17.4 Å². The van der Waals surface area contributed by atoms with Crippen LogP contribution >= 0.6 is 0 Å². The zero-order valence-corrected chi connectivity index (χ0v) is 12.3. The van der Waals surface area contributed by atoms with Gasteiger partial charge < -0.3 is 4.90 Å². The van der Waals surface area contributed by atoms with Crippen molar-refractivity contribution in [3.05, 3.63) is 35.9 Å². The van der Waals surface area contributed by atoms with Crippen molar-refractivity contribution >= 4 is 5.91 Å². The molecule has 0 saturated heterocycles. The molecule has 0 bridgehead atoms. The average Bonchev–Trinajstić information content (AvgIpc) is 2.38. The summed E-state index contributed by atoms with van der Waals surface area (Å²) in [6.45, 7) is 8.28. The summed E-state index contributed by atoms with van der Waals surface area (Å²) >= 11 is 0. The molecule has 0 N–H and O–H groups in total. The maximum Gasteiger partial charge on any atom is 0.244 e. The Morgan fingerprint density at radius 2 is 1.79 bits per heavy atom. The molecule has 1 amide bonds. The first-order valence-electron chi connectivity index (χ1n) is 6.50. The van der Waals surface area contributed by atoms with Crippen LogP contribution in [0.3, 0.4) is 0 Å². The maximum atomic E-state index is 12.5. The molecular weight excluding hydrogens is 236 g/mol. The third-order valence-corrected chi connectivity index (χ3v) is 3.69. The van der Waals surface area contributed by atoms with Gasteiger partial charge in [-0.05, 0) is 17.9 Å². The minimum Gasteiger partial charge on any atom is -0.341 e. The van der Waals surface area contributed by atoms with Crippen LogP contribution in [-0.2, 0) is 4.79 Å². The molecule has 0 heterocycles. The van der Waals surface area contributed by atoms with Gasteiger partial charge in [-0.25, -0.2) is 0 Å². The summed E-state index contributed by atoms with van der Waals surface area (Å²) in [7, 11) is 1.77. The molecule has 2 unspecified atom stereocenters. The molecule has 1 rings (SSSR count). The second-order valence-electron chi connectivity index (χ2n) is 5.96. The Labute approximate surface area is 115 Å². The van der Waals surface area contributed by atoms with Gasteiger partial charge in [0.2, 0.25) is 5.91 Å². The van der Waals surface area contributed by atoms with E-state index >= 15 is 0 Å². The summed E-state index contributed by atoms with van der Waals surface area (Å²) in [6, 6.07) is 11.4. The third-order valence-electron chi connectivity index (χ3n) is 3.69. The Balaban J connectivity index is 2.96. The minimum absolute atomic E-state index is 0.0128. The normalized spacial score (nSPS) is 14.3. The topological polar surface area (TPSA) is 44.1 Å². The molecular formula is C16H22N2O. The van der Waals surface area contributed by atoms with Gasteiger partial charge >= 0.3 is 0 Å². The number of nitriles is 1. The first-order chi connectivity index (χ1) is 8.79. The fourth-order valence-electron chi connectivity index (χ4n) is 1.89. The van der Waals surface area contributed by atoms with Gasteiger partial charge in [0.25, 0.3) is 0 Å². The van der Waals surface area contributed by atoms with Crippen molar-refractivity contribution in [1.82, 2.24) is 4.90 Å². The van der Waals surface area contributed by atoms with Crippen molar-refractivity contribution < 1.29 is 4.79 Å². The van der Waals surface area contributed by atoms with Crippen LogP contribution in [0.2, 0.25) is 0 Å². The van der Waals surface area contributed by atoms with Crippen LogP contribution in [0.25, 0.3) is 0 Å². The van der Waals surface area contributed by atoms with E-state index in [9.17, 15) is 10.1 Å². The van der Waals surface area contributed by atoms with E-state index in [1.807, 2.05) is 37.3 Å². The zero-order chi connectivity index (χ0) is 14.6. The van der Waals surface area contributed by atoms with Gasteiger partial charge in [-0.1, -0.05) is 51.1 Å². The monoisotopic (exact) mass is 258 g/mol. The maximum absolute atomic E-state index is 12.5. The van der Waals surface area contributed by atoms with Crippen LogP contribution in [0.1, 0.15) is 39.2 Å². The summed E-state index contributed by atoms with van der Waals surface area (Å²) in [5, 5.41) is 9.29. The van der Waals surface area contributed by atoms with Crippen LogP contribution in [0.5, 0.6) is 0 Å². The van der Waals surface area contributed by atoms with E-state index in [0.29, 0.717) is 0 Å². The molecule has 0 aliphatic carbocycles. The first-order valence-corrected chi connectivity index (χ1v) is 6.50. The molecule has 0 aliphatic rings. The Morgan fingerprint density at radius 1 is 1.26 bits per heavy atom. The van der Waals surface area contributed by atoms with Crippen molar-refractivity contribution in [2.75, 3.05) is 7.05 Å². The summed E-state index contributed by atoms with van der Waals surface area (Å²) in [4.78, 5) is 14.1. The molecule has 1 aromatic carbocycles. The number of carbonyl (C=O) groups excluding carboxylic acids is 1. The molecule has 3 nitrogen and oxygen atoms in total. The summed E-state index contributed by atoms with van der Waals surface area (Å²) < 4.78 is 0. The van der Waals surface area contributed by atoms with E-state index in [4.69, 9.17) is 0 Å². The highest BCUT2D eigenvalue weighted by Crippen LogP contribution is 2.26. The van der Waals surface area contributed by atoms with Crippen LogP contribution in [0.4, 0.5) is 0 Å². The van der Waals surface area contributed by atoms with Gasteiger partial charge in [0.15, 0.2) is 0 Å². The molecule has 0 radical (unpaired) electrons. The fourth-order valence-corrected chi connectivity index (χ4v) is 1.89. The quantitative estimate of drug-likeness (QED) is 0.835. The number of hydrogen-bond acceptors (Lipinski definition) is 2. The van der Waals surface area contributed by atoms with E-state index in [1.54, 1.807) is 11.9 Å². The molecule has 0 fully saturated rings. The predicted octanol–water partition coefficient (Wildman–Crippen LogP) is 3.19. The molecule has 2 atom stereocenters. The van der Waals surface area contributed by atoms with Crippen molar-refractivity contribution in [2.24, 2.45) is 5.41 Å². The lowest BCUT2D eigenvalue weighted by molar-refractivity contribution is -0.134. The number of rotatable bonds is 3. The van der Waals surface area contributed by atoms with Crippen LogP contribution in [0, 0.1) is 16.7 Å². The van der Waals surface area contributed by atoms with Crippen molar-refractivity contribution in [2.45, 2.75) is 39.7 Å². The SMILES string of the molecule is CC(N(C)C(=O)C(C#N)c1ccccc1)C(C)(C)C. The number of amides is 1. The number of carbonyl (C=O) groups is 1. The van der Waals surface area contributed by atoms with Gasteiger partial charge in [-0.2, -0.15) is 5.26 Å². The van der Waals surface area contributed by atoms with Crippen LogP contribution < -0.4 is 0 Å². The van der Waals surface area contributed by atoms with Crippen molar-refractivity contribution in [3.8, 4) is 6.07 Å². The minimum atomic E-state index is -0.726. The molecule has 0 aliphatic heterocycles. The highest BCUT2D eigenvalue weighted by atomic mass is 16.2. The summed E-state index contributed by atoms with van der Waals surface area (Å²) in [5.74, 6) is -0.868. The molecule has 0 saturated carbocycles. The van der Waals surface area contributed by atoms with Gasteiger partial charge in [0.1, 0.15) is 5.92 Å². The standard InChI is InChI=1S/C16H22N2O/c1-12(16(2,3)4)18(5)15(19)14(11-17)13-9-7-6-8-10-13/h6-10,12,14H,1-5H3. The lowest BCUT2D eigenvalue weighted by Crippen LogP contribution is -2.44. The fraction of sp³-hybridized carbons (Fsp3) is 0.500. The number of hydrogen-bond donors (Lipinski definition) is 0. The van der Waals surface area contributed by atoms with Crippen molar-refractivity contribution in [1.29, 1.82) is 5.26 Å². The second kappa shape index (κ2) is 5.88. The predicted molar refractivity (Wildman–Crippen MR) is 76.5 cm³/mol. The molecule has 19 heavy (non-hydrogen) atoms. The highest BCUT2D eigenvalue weighted by molar-refractivity contribution is 5.86. The number of likely N-dealkylation sites (N-methyl/N-ethyl adjacent to an activating group) is 1. The second-order valence-corrected chi connectivity index (χ2v) is 5.96. The lowest BCUT2D eigenvalue weighted by atomic mass is 9.86. The highest BCUT2D eigenvalue weighted by Gasteiger charge is 2.31. The van der Waals surface area contributed by atoms with Gasteiger partial charge in [-0.3, -0.25) is 4.79 Å². The number of benzene rings is 1. The Morgan fingerprint density at radius 3 is 2.21 bits per heavy atom. The van der Waals surface area contributed by atoms with E-state index in [1.165, 1.54) is 0 Å². The van der Waals surface area contributed by atoms with Gasteiger partial charge in [-0.15, -0.1) is 0 Å². The van der Waals surface area contributed by atoms with E-state index in [2.05, 4.69) is 26.8 Å². The molecule has 102 valence electrons. The van der Waals surface area contributed by atoms with Crippen molar-refractivity contribution in [3.63, 3.8) is 0 Å². The van der Waals surface area contributed by atoms with E-state index < -0.39 is 5.92 Å². The molecule has 1 aromatic rings. The Bertz CT molecular complexity index is 468. The molecule has 0 aromatic heterocycles. The lowest BCUT2D eigenvalue weighted by Gasteiger charge is -2.36. The average molecular weight is 258 g/mol. The largest absolute Gasteiger partial charge is 0.341 e. The van der Waals surface area contributed by atoms with Crippen LogP contribution in [-0.4, -0.2) is 23.9 Å².